The molecule has 1 aromatic carbocycles. The number of hydrazine groups is 1. The van der Waals surface area contributed by atoms with E-state index in [4.69, 9.17) is 0 Å². The maximum absolute atomic E-state index is 14.5. The van der Waals surface area contributed by atoms with Gasteiger partial charge in [-0.15, -0.1) is 0 Å². The Hall–Kier alpha value is -3.00. The van der Waals surface area contributed by atoms with Gasteiger partial charge in [0.15, 0.2) is 11.6 Å². The van der Waals surface area contributed by atoms with Crippen molar-refractivity contribution >= 4 is 20.0 Å². The van der Waals surface area contributed by atoms with Gasteiger partial charge in [0.1, 0.15) is 13.7 Å². The number of amides is 1. The van der Waals surface area contributed by atoms with E-state index in [1.807, 2.05) is 39.7 Å². The van der Waals surface area contributed by atoms with E-state index >= 15 is 0 Å². The molecule has 0 aliphatic carbocycles. The topological polar surface area (TPSA) is 47.9 Å². The summed E-state index contributed by atoms with van der Waals surface area (Å²) in [5.74, 6) is -1.57. The predicted octanol–water partition coefficient (Wildman–Crippen LogP) is 3.97. The number of likely N-dealkylation sites (N-methyl/N-ethyl adjacent to an activating group) is 1. The van der Waals surface area contributed by atoms with Gasteiger partial charge in [-0.3, -0.25) is 9.80 Å². The van der Waals surface area contributed by atoms with Crippen molar-refractivity contribution in [1.29, 1.82) is 0 Å². The van der Waals surface area contributed by atoms with Gasteiger partial charge in [-0.25, -0.2) is 18.8 Å². The molecule has 1 aromatic rings. The average molecular weight is 452 g/mol. The van der Waals surface area contributed by atoms with E-state index < -0.39 is 17.2 Å². The number of rotatable bonds is 7. The molecule has 5 nitrogen and oxygen atoms in total. The molecule has 0 saturated carbocycles. The van der Waals surface area contributed by atoms with Crippen molar-refractivity contribution in [2.24, 2.45) is 4.99 Å². The van der Waals surface area contributed by atoms with Gasteiger partial charge in [0.05, 0.1) is 17.7 Å². The van der Waals surface area contributed by atoms with Crippen molar-refractivity contribution < 1.29 is 13.6 Å². The first-order valence-corrected chi connectivity index (χ1v) is 11.2. The first-order valence-electron chi connectivity index (χ1n) is 11.2. The Labute approximate surface area is 195 Å². The smallest absolute Gasteiger partial charge is 0.270 e. The van der Waals surface area contributed by atoms with Crippen LogP contribution in [-0.2, 0) is 11.3 Å². The zero-order chi connectivity index (χ0) is 24.3. The molecule has 1 atom stereocenters. The minimum atomic E-state index is -0.940. The highest BCUT2D eigenvalue weighted by Gasteiger charge is 2.45. The summed E-state index contributed by atoms with van der Waals surface area (Å²) in [6.07, 6.45) is 7.17. The van der Waals surface area contributed by atoms with Crippen molar-refractivity contribution in [2.45, 2.75) is 52.6 Å². The van der Waals surface area contributed by atoms with Gasteiger partial charge in [-0.1, -0.05) is 44.1 Å². The number of hydrogen-bond acceptors (Lipinski definition) is 4. The Morgan fingerprint density at radius 3 is 2.70 bits per heavy atom. The number of carbonyl (C=O) groups excluding carboxylic acids is 1. The summed E-state index contributed by atoms with van der Waals surface area (Å²) in [7, 11) is 1.97. The van der Waals surface area contributed by atoms with Crippen LogP contribution in [0.4, 0.5) is 8.78 Å². The molecular formula is C25H31BF2N4O. The third-order valence-electron chi connectivity index (χ3n) is 6.57. The molecule has 0 fully saturated rings. The second kappa shape index (κ2) is 9.87. The number of benzene rings is 1. The summed E-state index contributed by atoms with van der Waals surface area (Å²) in [6.45, 7) is 12.6. The maximum atomic E-state index is 14.5. The second-order valence-corrected chi connectivity index (χ2v) is 8.55. The quantitative estimate of drug-likeness (QED) is 0.638. The molecule has 0 saturated heterocycles. The molecule has 2 aliphatic heterocycles. The standard InChI is InChI=1S/C25H31BF2N4O/c1-6-25(5)16(3)22(17(4)30-21-13-9-11-19(26)14-29-21)24(33)31(32(25)7-2)15-18-10-8-12-20(27)23(18)28/h8,10-14,30H,4,6-7,9,15,26H2,1-3,5H3. The van der Waals surface area contributed by atoms with E-state index in [1.54, 1.807) is 6.21 Å². The summed E-state index contributed by atoms with van der Waals surface area (Å²) in [5, 5.41) is 6.63. The number of aliphatic imine (C=N–C) groups is 1. The van der Waals surface area contributed by atoms with E-state index in [1.165, 1.54) is 17.1 Å². The van der Waals surface area contributed by atoms with Crippen molar-refractivity contribution in [3.8, 4) is 0 Å². The third kappa shape index (κ3) is 4.71. The Kier molecular flexibility index (Phi) is 7.37. The average Bonchev–Trinajstić information content (AvgIpc) is 2.99. The molecule has 2 heterocycles. The van der Waals surface area contributed by atoms with Crippen LogP contribution in [0.2, 0.25) is 0 Å². The van der Waals surface area contributed by atoms with Gasteiger partial charge in [0, 0.05) is 24.0 Å². The largest absolute Gasteiger partial charge is 0.340 e. The van der Waals surface area contributed by atoms with E-state index in [0.29, 0.717) is 36.5 Å². The summed E-state index contributed by atoms with van der Waals surface area (Å²) in [4.78, 5) is 18.2. The predicted molar refractivity (Wildman–Crippen MR) is 131 cm³/mol. The van der Waals surface area contributed by atoms with Crippen molar-refractivity contribution in [3.05, 3.63) is 82.3 Å². The summed E-state index contributed by atoms with van der Waals surface area (Å²) < 4.78 is 28.4. The highest BCUT2D eigenvalue weighted by Crippen LogP contribution is 2.39. The first kappa shape index (κ1) is 24.6. The van der Waals surface area contributed by atoms with Crippen LogP contribution in [0.25, 0.3) is 0 Å². The molecule has 1 unspecified atom stereocenters. The molecule has 0 bridgehead atoms. The van der Waals surface area contributed by atoms with Crippen molar-refractivity contribution in [3.63, 3.8) is 0 Å². The number of carbonyl (C=O) groups is 1. The van der Waals surface area contributed by atoms with Crippen LogP contribution in [0.15, 0.2) is 70.1 Å². The molecular weight excluding hydrogens is 421 g/mol. The zero-order valence-electron chi connectivity index (χ0n) is 20.0. The van der Waals surface area contributed by atoms with Crippen LogP contribution < -0.4 is 5.32 Å². The highest BCUT2D eigenvalue weighted by molar-refractivity contribution is 6.33. The van der Waals surface area contributed by atoms with Gasteiger partial charge in [-0.05, 0) is 44.4 Å². The lowest BCUT2D eigenvalue weighted by Gasteiger charge is -2.51. The number of nitrogens with zero attached hydrogens (tertiary/aromatic N) is 3. The molecule has 174 valence electrons. The van der Waals surface area contributed by atoms with Crippen LogP contribution in [0.3, 0.4) is 0 Å². The van der Waals surface area contributed by atoms with Gasteiger partial charge < -0.3 is 5.32 Å². The summed E-state index contributed by atoms with van der Waals surface area (Å²) >= 11 is 0. The molecule has 0 spiro atoms. The van der Waals surface area contributed by atoms with E-state index in [0.717, 1.165) is 17.1 Å². The molecule has 0 aromatic heterocycles. The van der Waals surface area contributed by atoms with Gasteiger partial charge in [-0.2, -0.15) is 0 Å². The number of allylic oxidation sites excluding steroid dienone is 3. The molecule has 0 radical (unpaired) electrons. The van der Waals surface area contributed by atoms with Gasteiger partial charge in [0.2, 0.25) is 0 Å². The Bertz CT molecular complexity index is 1090. The van der Waals surface area contributed by atoms with Crippen LogP contribution in [0, 0.1) is 11.6 Å². The van der Waals surface area contributed by atoms with Crippen LogP contribution in [0.1, 0.15) is 46.1 Å². The Balaban J connectivity index is 2.01. The van der Waals surface area contributed by atoms with Crippen molar-refractivity contribution in [2.75, 3.05) is 6.54 Å². The number of halogens is 2. The van der Waals surface area contributed by atoms with E-state index in [-0.39, 0.29) is 18.0 Å². The monoisotopic (exact) mass is 452 g/mol. The highest BCUT2D eigenvalue weighted by atomic mass is 19.2. The normalized spacial score (nSPS) is 21.6. The molecule has 8 heteroatoms. The fraction of sp³-hybridized carbons (Fsp3) is 0.360. The second-order valence-electron chi connectivity index (χ2n) is 8.55. The van der Waals surface area contributed by atoms with E-state index in [2.05, 4.69) is 29.9 Å². The van der Waals surface area contributed by atoms with Gasteiger partial charge in [0.25, 0.3) is 5.91 Å². The van der Waals surface area contributed by atoms with Crippen LogP contribution in [-0.4, -0.2) is 42.1 Å². The molecule has 1 N–H and O–H groups in total. The summed E-state index contributed by atoms with van der Waals surface area (Å²) in [5.41, 5.74) is 2.41. The fourth-order valence-electron chi connectivity index (χ4n) is 4.37. The zero-order valence-corrected chi connectivity index (χ0v) is 20.0. The molecule has 2 aliphatic rings. The SMILES string of the molecule is BC1=CCC=C(NC(=C)C2=C(C)C(C)(CC)N(CC)N(Cc3cccc(F)c3F)C2=O)N=C1. The third-order valence-corrected chi connectivity index (χ3v) is 6.57. The Morgan fingerprint density at radius 1 is 1.30 bits per heavy atom. The fourth-order valence-corrected chi connectivity index (χ4v) is 4.37. The molecule has 33 heavy (non-hydrogen) atoms. The Morgan fingerprint density at radius 2 is 2.03 bits per heavy atom. The van der Waals surface area contributed by atoms with Gasteiger partial charge >= 0.3 is 0 Å². The lowest BCUT2D eigenvalue weighted by molar-refractivity contribution is -0.161. The minimum Gasteiger partial charge on any atom is -0.340 e. The number of nitrogens with one attached hydrogen (secondary N) is 1. The minimum absolute atomic E-state index is 0.0835. The van der Waals surface area contributed by atoms with E-state index in [9.17, 15) is 13.6 Å². The molecule has 3 rings (SSSR count). The maximum Gasteiger partial charge on any atom is 0.270 e. The lowest BCUT2D eigenvalue weighted by atomic mass is 9.82. The number of hydrogen-bond donors (Lipinski definition) is 1. The molecule has 1 amide bonds. The van der Waals surface area contributed by atoms with Crippen molar-refractivity contribution in [1.82, 2.24) is 15.3 Å². The van der Waals surface area contributed by atoms with Crippen LogP contribution >= 0.6 is 0 Å². The summed E-state index contributed by atoms with van der Waals surface area (Å²) in [6, 6.07) is 4.02. The first-order chi connectivity index (χ1) is 15.6. The lowest BCUT2D eigenvalue weighted by Crippen LogP contribution is -2.62. The van der Waals surface area contributed by atoms with Crippen LogP contribution in [0.5, 0.6) is 0 Å².